The molecule has 1 aromatic heterocycles. The van der Waals surface area contributed by atoms with Crippen molar-refractivity contribution in [2.24, 2.45) is 0 Å². The van der Waals surface area contributed by atoms with Crippen molar-refractivity contribution < 1.29 is 9.59 Å². The molecule has 1 saturated carbocycles. The zero-order valence-corrected chi connectivity index (χ0v) is 14.0. The Labute approximate surface area is 139 Å². The number of hydrogen-bond acceptors (Lipinski definition) is 5. The van der Waals surface area contributed by atoms with E-state index in [4.69, 9.17) is 0 Å². The van der Waals surface area contributed by atoms with E-state index in [2.05, 4.69) is 15.2 Å². The zero-order valence-electron chi connectivity index (χ0n) is 13.2. The maximum Gasteiger partial charge on any atom is 0.312 e. The van der Waals surface area contributed by atoms with Crippen LogP contribution in [0.25, 0.3) is 0 Å². The summed E-state index contributed by atoms with van der Waals surface area (Å²) in [7, 11) is 0. The van der Waals surface area contributed by atoms with E-state index in [9.17, 15) is 9.59 Å². The number of thiazole rings is 1. The summed E-state index contributed by atoms with van der Waals surface area (Å²) in [4.78, 5) is 33.3. The van der Waals surface area contributed by atoms with Gasteiger partial charge in [-0.3, -0.25) is 14.5 Å². The normalized spacial score (nSPS) is 26.4. The summed E-state index contributed by atoms with van der Waals surface area (Å²) in [5, 5.41) is 3.99. The van der Waals surface area contributed by atoms with Crippen LogP contribution in [0.3, 0.4) is 0 Å². The molecule has 23 heavy (non-hydrogen) atoms. The van der Waals surface area contributed by atoms with E-state index in [1.165, 1.54) is 35.6 Å². The Kier molecular flexibility index (Phi) is 4.07. The van der Waals surface area contributed by atoms with Crippen LogP contribution in [-0.2, 0) is 16.1 Å². The second-order valence-electron chi connectivity index (χ2n) is 6.74. The summed E-state index contributed by atoms with van der Waals surface area (Å²) < 4.78 is 0. The Hall–Kier alpha value is -1.47. The molecule has 1 aliphatic carbocycles. The Morgan fingerprint density at radius 2 is 2.09 bits per heavy atom. The van der Waals surface area contributed by atoms with Gasteiger partial charge in [-0.1, -0.05) is 12.8 Å². The van der Waals surface area contributed by atoms with Gasteiger partial charge in [0.1, 0.15) is 0 Å². The maximum atomic E-state index is 11.9. The van der Waals surface area contributed by atoms with Gasteiger partial charge < -0.3 is 10.2 Å². The van der Waals surface area contributed by atoms with Crippen molar-refractivity contribution >= 4 is 23.2 Å². The van der Waals surface area contributed by atoms with E-state index in [-0.39, 0.29) is 11.9 Å². The molecule has 0 bridgehead atoms. The van der Waals surface area contributed by atoms with Gasteiger partial charge in [-0.2, -0.15) is 0 Å². The molecule has 0 spiro atoms. The van der Waals surface area contributed by atoms with Crippen molar-refractivity contribution in [3.05, 3.63) is 16.1 Å². The van der Waals surface area contributed by atoms with E-state index < -0.39 is 5.91 Å². The van der Waals surface area contributed by atoms with Crippen LogP contribution in [0, 0.1) is 0 Å². The highest BCUT2D eigenvalue weighted by Crippen LogP contribution is 2.36. The summed E-state index contributed by atoms with van der Waals surface area (Å²) in [6, 6.07) is 0.108. The molecule has 6 nitrogen and oxygen atoms in total. The third-order valence-corrected chi connectivity index (χ3v) is 6.32. The molecule has 3 aliphatic rings. The van der Waals surface area contributed by atoms with Crippen LogP contribution in [0.1, 0.15) is 41.5 Å². The number of rotatable bonds is 3. The second-order valence-corrected chi connectivity index (χ2v) is 7.89. The van der Waals surface area contributed by atoms with Crippen LogP contribution in [0.5, 0.6) is 0 Å². The number of carbonyl (C=O) groups is 2. The SMILES string of the molecule is O=C1NCC2CN(Cc3cnc(C4CCCC4)s3)CCN2C1=O. The first-order valence-electron chi connectivity index (χ1n) is 8.46. The van der Waals surface area contributed by atoms with E-state index >= 15 is 0 Å². The highest BCUT2D eigenvalue weighted by molar-refractivity contribution is 7.11. The average molecular weight is 334 g/mol. The van der Waals surface area contributed by atoms with Crippen LogP contribution in [-0.4, -0.2) is 58.8 Å². The predicted molar refractivity (Wildman–Crippen MR) is 87.1 cm³/mol. The first-order valence-corrected chi connectivity index (χ1v) is 9.28. The van der Waals surface area contributed by atoms with Gasteiger partial charge in [0.2, 0.25) is 0 Å². The molecule has 7 heteroatoms. The Morgan fingerprint density at radius 1 is 1.26 bits per heavy atom. The number of fused-ring (bicyclic) bond motifs is 1. The molecule has 2 aliphatic heterocycles. The third kappa shape index (κ3) is 2.99. The molecule has 2 amide bonds. The first-order chi connectivity index (χ1) is 11.2. The number of hydrogen-bond donors (Lipinski definition) is 1. The smallest absolute Gasteiger partial charge is 0.312 e. The van der Waals surface area contributed by atoms with Gasteiger partial charge in [0.25, 0.3) is 0 Å². The predicted octanol–water partition coefficient (Wildman–Crippen LogP) is 0.943. The fourth-order valence-electron chi connectivity index (χ4n) is 3.90. The minimum Gasteiger partial charge on any atom is -0.346 e. The number of aromatic nitrogens is 1. The first kappa shape index (κ1) is 15.1. The van der Waals surface area contributed by atoms with Crippen LogP contribution < -0.4 is 5.32 Å². The lowest BCUT2D eigenvalue weighted by molar-refractivity contribution is -0.152. The van der Waals surface area contributed by atoms with Crippen molar-refractivity contribution in [2.75, 3.05) is 26.2 Å². The summed E-state index contributed by atoms with van der Waals surface area (Å²) >= 11 is 1.85. The molecule has 0 aromatic carbocycles. The third-order valence-electron chi connectivity index (χ3n) is 5.18. The van der Waals surface area contributed by atoms with Crippen LogP contribution in [0.4, 0.5) is 0 Å². The van der Waals surface area contributed by atoms with Crippen molar-refractivity contribution in [3.8, 4) is 0 Å². The van der Waals surface area contributed by atoms with Crippen molar-refractivity contribution in [3.63, 3.8) is 0 Å². The minimum atomic E-state index is -0.460. The fraction of sp³-hybridized carbons (Fsp3) is 0.688. The van der Waals surface area contributed by atoms with Crippen molar-refractivity contribution in [2.45, 2.75) is 44.2 Å². The van der Waals surface area contributed by atoms with Crippen LogP contribution in [0.15, 0.2) is 6.20 Å². The molecule has 2 saturated heterocycles. The van der Waals surface area contributed by atoms with Gasteiger partial charge in [0.05, 0.1) is 11.0 Å². The molecule has 3 fully saturated rings. The summed E-state index contributed by atoms with van der Waals surface area (Å²) in [6.07, 6.45) is 7.27. The quantitative estimate of drug-likeness (QED) is 0.836. The van der Waals surface area contributed by atoms with Gasteiger partial charge in [-0.25, -0.2) is 4.98 Å². The molecule has 1 unspecified atom stereocenters. The number of nitrogens with zero attached hydrogens (tertiary/aromatic N) is 3. The van der Waals surface area contributed by atoms with Gasteiger partial charge >= 0.3 is 11.8 Å². The van der Waals surface area contributed by atoms with E-state index in [0.29, 0.717) is 19.0 Å². The number of nitrogens with one attached hydrogen (secondary N) is 1. The summed E-state index contributed by atoms with van der Waals surface area (Å²) in [6.45, 7) is 3.76. The fourth-order valence-corrected chi connectivity index (χ4v) is 5.03. The minimum absolute atomic E-state index is 0.108. The number of carbonyl (C=O) groups excluding carboxylic acids is 2. The number of amides is 2. The number of piperazine rings is 2. The lowest BCUT2D eigenvalue weighted by atomic mass is 10.1. The summed E-state index contributed by atoms with van der Waals surface area (Å²) in [5.74, 6) is -0.155. The molecule has 3 heterocycles. The molecule has 1 N–H and O–H groups in total. The van der Waals surface area contributed by atoms with Crippen molar-refractivity contribution in [1.29, 1.82) is 0 Å². The zero-order chi connectivity index (χ0) is 15.8. The molecule has 1 atom stereocenters. The van der Waals surface area contributed by atoms with Crippen LogP contribution in [0.2, 0.25) is 0 Å². The monoisotopic (exact) mass is 334 g/mol. The van der Waals surface area contributed by atoms with Gasteiger partial charge in [-0.05, 0) is 12.8 Å². The lowest BCUT2D eigenvalue weighted by Crippen LogP contribution is -2.65. The molecular formula is C16H22N4O2S. The van der Waals surface area contributed by atoms with Gasteiger partial charge in [0, 0.05) is 49.7 Å². The van der Waals surface area contributed by atoms with E-state index in [1.54, 1.807) is 4.90 Å². The molecule has 4 rings (SSSR count). The molecule has 0 radical (unpaired) electrons. The van der Waals surface area contributed by atoms with Gasteiger partial charge in [0.15, 0.2) is 0 Å². The highest BCUT2D eigenvalue weighted by Gasteiger charge is 2.37. The van der Waals surface area contributed by atoms with Crippen molar-refractivity contribution in [1.82, 2.24) is 20.1 Å². The topological polar surface area (TPSA) is 65.5 Å². The average Bonchev–Trinajstić information content (AvgIpc) is 3.22. The standard InChI is InChI=1S/C16H22N4O2S/c21-14-16(22)20-6-5-19(9-12(20)7-17-14)10-13-8-18-15(23-13)11-3-1-2-4-11/h8,11-12H,1-7,9-10H2,(H,17,21). The molecular weight excluding hydrogens is 312 g/mol. The van der Waals surface area contributed by atoms with E-state index in [1.807, 2.05) is 17.5 Å². The maximum absolute atomic E-state index is 11.9. The van der Waals surface area contributed by atoms with Gasteiger partial charge in [-0.15, -0.1) is 11.3 Å². The Bertz CT molecular complexity index is 611. The second kappa shape index (κ2) is 6.20. The molecule has 124 valence electrons. The Morgan fingerprint density at radius 3 is 2.91 bits per heavy atom. The van der Waals surface area contributed by atoms with Crippen LogP contribution >= 0.6 is 11.3 Å². The largest absolute Gasteiger partial charge is 0.346 e. The summed E-state index contributed by atoms with van der Waals surface area (Å²) in [5.41, 5.74) is 0. The molecule has 1 aromatic rings. The highest BCUT2D eigenvalue weighted by atomic mass is 32.1. The van der Waals surface area contributed by atoms with E-state index in [0.717, 1.165) is 19.6 Å². The lowest BCUT2D eigenvalue weighted by Gasteiger charge is -2.43. The Balaban J connectivity index is 1.37.